The van der Waals surface area contributed by atoms with Crippen molar-refractivity contribution in [2.24, 2.45) is 5.92 Å². The zero-order valence-electron chi connectivity index (χ0n) is 19.8. The average Bonchev–Trinajstić information content (AvgIpc) is 2.56. The summed E-state index contributed by atoms with van der Waals surface area (Å²) in [6.45, 7) is 15.9. The van der Waals surface area contributed by atoms with Gasteiger partial charge in [0.1, 0.15) is 17.8 Å². The molecule has 0 unspecified atom stereocenters. The van der Waals surface area contributed by atoms with E-state index < -0.39 is 21.8 Å². The third kappa shape index (κ3) is 9.39. The van der Waals surface area contributed by atoms with Crippen LogP contribution in [0.3, 0.4) is 0 Å². The van der Waals surface area contributed by atoms with Crippen LogP contribution in [0.15, 0.2) is 17.0 Å². The first-order valence-electron chi connectivity index (χ1n) is 10.3. The van der Waals surface area contributed by atoms with Crippen LogP contribution in [-0.2, 0) is 30.5 Å². The molecule has 0 aromatic heterocycles. The number of ether oxygens (including phenoxy) is 1. The molecule has 178 valence electrons. The minimum Gasteiger partial charge on any atom is -0.507 e. The van der Waals surface area contributed by atoms with Crippen molar-refractivity contribution in [2.75, 3.05) is 18.9 Å². The summed E-state index contributed by atoms with van der Waals surface area (Å²) in [7, 11) is -4.12. The van der Waals surface area contributed by atoms with Crippen LogP contribution < -0.4 is 5.32 Å². The first-order valence-corrected chi connectivity index (χ1v) is 12.8. The summed E-state index contributed by atoms with van der Waals surface area (Å²) < 4.78 is 36.0. The third-order valence-electron chi connectivity index (χ3n) is 4.56. The minimum atomic E-state index is -4.12. The Balaban J connectivity index is 3.01. The number of rotatable bonds is 9. The Hall–Kier alpha value is -1.29. The number of hydrogen-bond donors (Lipinski definition) is 3. The van der Waals surface area contributed by atoms with Gasteiger partial charge < -0.3 is 15.2 Å². The van der Waals surface area contributed by atoms with E-state index in [9.17, 15) is 18.3 Å². The molecule has 3 N–H and O–H groups in total. The van der Waals surface area contributed by atoms with E-state index >= 15 is 0 Å². The molecule has 0 heterocycles. The summed E-state index contributed by atoms with van der Waals surface area (Å²) in [4.78, 5) is 12.9. The fourth-order valence-electron chi connectivity index (χ4n) is 2.84. The van der Waals surface area contributed by atoms with Crippen LogP contribution in [0.4, 0.5) is 0 Å². The highest BCUT2D eigenvalue weighted by Crippen LogP contribution is 2.43. The number of phenols is 1. The van der Waals surface area contributed by atoms with Crippen LogP contribution in [0.1, 0.15) is 66.5 Å². The number of aromatic hydroxyl groups is 1. The lowest BCUT2D eigenvalue weighted by atomic mass is 9.79. The molecule has 0 bridgehead atoms. The van der Waals surface area contributed by atoms with E-state index in [1.807, 2.05) is 26.0 Å². The highest BCUT2D eigenvalue weighted by Gasteiger charge is 2.28. The van der Waals surface area contributed by atoms with Crippen molar-refractivity contribution < 1.29 is 27.6 Å². The number of thioether (sulfide) groups is 1. The zero-order valence-corrected chi connectivity index (χ0v) is 21.4. The van der Waals surface area contributed by atoms with Crippen molar-refractivity contribution in [3.63, 3.8) is 0 Å². The Bertz CT molecular complexity index is 832. The Morgan fingerprint density at radius 1 is 1.10 bits per heavy atom. The molecule has 1 aromatic carbocycles. The number of benzene rings is 1. The van der Waals surface area contributed by atoms with Gasteiger partial charge in [0, 0.05) is 22.6 Å². The molecule has 0 aliphatic rings. The Kier molecular flexibility index (Phi) is 9.44. The topological polar surface area (TPSA) is 113 Å². The van der Waals surface area contributed by atoms with Gasteiger partial charge in [-0.05, 0) is 28.9 Å². The number of phenolic OH excluding ortho intramolecular Hbond substituents is 1. The molecule has 0 fully saturated rings. The van der Waals surface area contributed by atoms with Gasteiger partial charge in [0.15, 0.2) is 0 Å². The quantitative estimate of drug-likeness (QED) is 0.280. The van der Waals surface area contributed by atoms with E-state index in [1.54, 1.807) is 0 Å². The number of nitrogens with one attached hydrogen (secondary N) is 1. The SMILES string of the molecule is CC(C)[C@H](OCC(=O)NCCS(=O)(=O)O)Sc1cc(C(C)(C)C)c(O)c(C(C)(C)C)c1. The predicted molar refractivity (Wildman–Crippen MR) is 125 cm³/mol. The Morgan fingerprint density at radius 2 is 1.58 bits per heavy atom. The summed E-state index contributed by atoms with van der Waals surface area (Å²) in [5.74, 6) is -0.587. The lowest BCUT2D eigenvalue weighted by molar-refractivity contribution is -0.126. The third-order valence-corrected chi connectivity index (χ3v) is 6.70. The highest BCUT2D eigenvalue weighted by atomic mass is 32.2. The summed E-state index contributed by atoms with van der Waals surface area (Å²) >= 11 is 1.49. The molecule has 0 saturated carbocycles. The minimum absolute atomic E-state index is 0.0978. The van der Waals surface area contributed by atoms with Crippen molar-refractivity contribution >= 4 is 27.8 Å². The molecule has 9 heteroatoms. The van der Waals surface area contributed by atoms with Gasteiger partial charge in [-0.3, -0.25) is 9.35 Å². The highest BCUT2D eigenvalue weighted by molar-refractivity contribution is 7.99. The molecule has 1 aromatic rings. The smallest absolute Gasteiger partial charge is 0.266 e. The molecule has 1 atom stereocenters. The van der Waals surface area contributed by atoms with Gasteiger partial charge in [-0.2, -0.15) is 8.42 Å². The molecular formula is C22H37NO6S2. The second-order valence-corrected chi connectivity index (χ2v) is 12.8. The van der Waals surface area contributed by atoms with Crippen molar-refractivity contribution in [3.05, 3.63) is 23.3 Å². The van der Waals surface area contributed by atoms with Gasteiger partial charge >= 0.3 is 0 Å². The van der Waals surface area contributed by atoms with Crippen LogP contribution in [0.5, 0.6) is 5.75 Å². The summed E-state index contributed by atoms with van der Waals surface area (Å²) in [6, 6.07) is 3.94. The standard InChI is InChI=1S/C22H37NO6S2/c1-14(2)20(29-13-18(24)23-9-10-31(26,27)28)30-15-11-16(21(3,4)5)19(25)17(12-15)22(6,7)8/h11-12,14,20,25H,9-10,13H2,1-8H3,(H,23,24)(H,26,27,28)/t20-/m1/s1. The molecule has 0 spiro atoms. The Labute approximate surface area is 191 Å². The molecule has 7 nitrogen and oxygen atoms in total. The number of carbonyl (C=O) groups excluding carboxylic acids is 1. The fourth-order valence-corrected chi connectivity index (χ4v) is 4.25. The lowest BCUT2D eigenvalue weighted by Crippen LogP contribution is -2.33. The van der Waals surface area contributed by atoms with Crippen LogP contribution >= 0.6 is 11.8 Å². The summed E-state index contributed by atoms with van der Waals surface area (Å²) in [5, 5.41) is 13.3. The molecular weight excluding hydrogens is 438 g/mol. The van der Waals surface area contributed by atoms with Crippen molar-refractivity contribution in [2.45, 2.75) is 76.6 Å². The molecule has 1 amide bonds. The molecule has 0 saturated heterocycles. The summed E-state index contributed by atoms with van der Waals surface area (Å²) in [5.41, 5.74) is 0.891. The van der Waals surface area contributed by atoms with Gasteiger partial charge in [0.25, 0.3) is 10.1 Å². The number of carbonyl (C=O) groups is 1. The van der Waals surface area contributed by atoms with E-state index in [0.29, 0.717) is 5.75 Å². The van der Waals surface area contributed by atoms with Crippen LogP contribution in [-0.4, -0.2) is 48.3 Å². The molecule has 0 aliphatic carbocycles. The van der Waals surface area contributed by atoms with Crippen LogP contribution in [0.25, 0.3) is 0 Å². The van der Waals surface area contributed by atoms with E-state index in [2.05, 4.69) is 46.9 Å². The van der Waals surface area contributed by atoms with Crippen molar-refractivity contribution in [1.29, 1.82) is 0 Å². The maximum Gasteiger partial charge on any atom is 0.266 e. The second kappa shape index (κ2) is 10.6. The van der Waals surface area contributed by atoms with Gasteiger partial charge in [-0.15, -0.1) is 0 Å². The van der Waals surface area contributed by atoms with E-state index in [-0.39, 0.29) is 35.3 Å². The van der Waals surface area contributed by atoms with Gasteiger partial charge in [0.2, 0.25) is 5.91 Å². The Morgan fingerprint density at radius 3 is 1.97 bits per heavy atom. The van der Waals surface area contributed by atoms with Gasteiger partial charge in [-0.1, -0.05) is 67.2 Å². The summed E-state index contributed by atoms with van der Waals surface area (Å²) in [6.07, 6.45) is 0. The molecule has 31 heavy (non-hydrogen) atoms. The average molecular weight is 476 g/mol. The first-order chi connectivity index (χ1) is 13.9. The number of hydrogen-bond acceptors (Lipinski definition) is 6. The van der Waals surface area contributed by atoms with Gasteiger partial charge in [-0.25, -0.2) is 0 Å². The first kappa shape index (κ1) is 27.7. The molecule has 0 aliphatic heterocycles. The van der Waals surface area contributed by atoms with Crippen LogP contribution in [0.2, 0.25) is 0 Å². The monoisotopic (exact) mass is 475 g/mol. The van der Waals surface area contributed by atoms with Crippen molar-refractivity contribution in [1.82, 2.24) is 5.32 Å². The second-order valence-electron chi connectivity index (χ2n) is 10.0. The van der Waals surface area contributed by atoms with Crippen molar-refractivity contribution in [3.8, 4) is 5.75 Å². The maximum absolute atomic E-state index is 12.0. The van der Waals surface area contributed by atoms with Gasteiger partial charge in [0.05, 0.1) is 5.75 Å². The number of amides is 1. The maximum atomic E-state index is 12.0. The van der Waals surface area contributed by atoms with E-state index in [0.717, 1.165) is 16.0 Å². The largest absolute Gasteiger partial charge is 0.507 e. The van der Waals surface area contributed by atoms with E-state index in [4.69, 9.17) is 9.29 Å². The normalized spacial score (nSPS) is 14.0. The molecule has 1 rings (SSSR count). The predicted octanol–water partition coefficient (Wildman–Crippen LogP) is 4.08. The fraction of sp³-hybridized carbons (Fsp3) is 0.682. The van der Waals surface area contributed by atoms with Crippen LogP contribution in [0, 0.1) is 5.92 Å². The molecule has 0 radical (unpaired) electrons. The zero-order chi connectivity index (χ0) is 24.2. The van der Waals surface area contributed by atoms with E-state index in [1.165, 1.54) is 11.8 Å². The lowest BCUT2D eigenvalue weighted by Gasteiger charge is -2.29.